The van der Waals surface area contributed by atoms with Crippen LogP contribution in [0.25, 0.3) is 0 Å². The quantitative estimate of drug-likeness (QED) is 0.353. The Bertz CT molecular complexity index is 172. The molecule has 0 aliphatic rings. The SMILES string of the molecule is CO[Si](CCO)(OCCCO)OCC(C)N. The molecule has 0 amide bonds. The minimum Gasteiger partial charge on any atom is -0.396 e. The van der Waals surface area contributed by atoms with Gasteiger partial charge in [-0.25, -0.2) is 0 Å². The highest BCUT2D eigenvalue weighted by Crippen LogP contribution is 2.14. The van der Waals surface area contributed by atoms with Crippen LogP contribution in [0.4, 0.5) is 0 Å². The third-order valence-electron chi connectivity index (χ3n) is 1.92. The van der Waals surface area contributed by atoms with E-state index >= 15 is 0 Å². The van der Waals surface area contributed by atoms with E-state index in [1.807, 2.05) is 6.92 Å². The van der Waals surface area contributed by atoms with Gasteiger partial charge in [0.15, 0.2) is 0 Å². The van der Waals surface area contributed by atoms with Crippen molar-refractivity contribution in [2.24, 2.45) is 5.73 Å². The third-order valence-corrected chi connectivity index (χ3v) is 4.63. The van der Waals surface area contributed by atoms with Crippen molar-refractivity contribution in [1.29, 1.82) is 0 Å². The van der Waals surface area contributed by atoms with Crippen molar-refractivity contribution in [1.82, 2.24) is 0 Å². The Morgan fingerprint density at radius 2 is 1.94 bits per heavy atom. The molecular weight excluding hydrogens is 230 g/mol. The lowest BCUT2D eigenvalue weighted by Gasteiger charge is -2.28. The molecule has 16 heavy (non-hydrogen) atoms. The summed E-state index contributed by atoms with van der Waals surface area (Å²) in [4.78, 5) is 0. The van der Waals surface area contributed by atoms with Crippen LogP contribution in [-0.2, 0) is 13.3 Å². The lowest BCUT2D eigenvalue weighted by atomic mass is 10.4. The van der Waals surface area contributed by atoms with Gasteiger partial charge in [-0.2, -0.15) is 0 Å². The first-order chi connectivity index (χ1) is 7.60. The summed E-state index contributed by atoms with van der Waals surface area (Å²) >= 11 is 0. The van der Waals surface area contributed by atoms with Crippen LogP contribution in [0.15, 0.2) is 0 Å². The van der Waals surface area contributed by atoms with Gasteiger partial charge in [0.25, 0.3) is 0 Å². The van der Waals surface area contributed by atoms with E-state index in [0.717, 1.165) is 0 Å². The van der Waals surface area contributed by atoms with Gasteiger partial charge < -0.3 is 29.2 Å². The van der Waals surface area contributed by atoms with Crippen molar-refractivity contribution in [3.63, 3.8) is 0 Å². The Labute approximate surface area is 97.7 Å². The first kappa shape index (κ1) is 16.0. The van der Waals surface area contributed by atoms with Crippen LogP contribution in [0, 0.1) is 0 Å². The average molecular weight is 253 g/mol. The second-order valence-electron chi connectivity index (χ2n) is 3.57. The van der Waals surface area contributed by atoms with Crippen molar-refractivity contribution in [2.45, 2.75) is 25.4 Å². The highest BCUT2D eigenvalue weighted by atomic mass is 28.4. The lowest BCUT2D eigenvalue weighted by molar-refractivity contribution is 0.0641. The molecular formula is C9H23NO5Si. The summed E-state index contributed by atoms with van der Waals surface area (Å²) in [6, 6.07) is 0.226. The Hall–Kier alpha value is -0.0231. The second kappa shape index (κ2) is 9.05. The number of rotatable bonds is 10. The molecule has 0 saturated heterocycles. The Balaban J connectivity index is 4.20. The molecule has 6 nitrogen and oxygen atoms in total. The van der Waals surface area contributed by atoms with Crippen LogP contribution in [0.3, 0.4) is 0 Å². The summed E-state index contributed by atoms with van der Waals surface area (Å²) in [5.41, 5.74) is 5.59. The van der Waals surface area contributed by atoms with Crippen LogP contribution < -0.4 is 5.73 Å². The van der Waals surface area contributed by atoms with E-state index in [4.69, 9.17) is 29.2 Å². The molecule has 0 aromatic rings. The zero-order valence-corrected chi connectivity index (χ0v) is 11.0. The molecule has 7 heteroatoms. The summed E-state index contributed by atoms with van der Waals surface area (Å²) in [6.45, 7) is 2.51. The smallest absolute Gasteiger partial charge is 0.396 e. The fraction of sp³-hybridized carbons (Fsp3) is 1.00. The Morgan fingerprint density at radius 1 is 1.25 bits per heavy atom. The van der Waals surface area contributed by atoms with Crippen LogP contribution in [-0.4, -0.2) is 58.6 Å². The highest BCUT2D eigenvalue weighted by Gasteiger charge is 2.39. The van der Waals surface area contributed by atoms with Gasteiger partial charge in [-0.1, -0.05) is 0 Å². The standard InChI is InChI=1S/C9H23NO5Si/c1-9(10)8-15-16(13-2,7-5-12)14-6-3-4-11/h9,11-12H,3-8,10H2,1-2H3. The first-order valence-corrected chi connectivity index (χ1v) is 7.33. The van der Waals surface area contributed by atoms with E-state index < -0.39 is 8.80 Å². The van der Waals surface area contributed by atoms with E-state index in [2.05, 4.69) is 0 Å². The van der Waals surface area contributed by atoms with Gasteiger partial charge in [0.2, 0.25) is 0 Å². The van der Waals surface area contributed by atoms with Gasteiger partial charge in [0, 0.05) is 39.0 Å². The van der Waals surface area contributed by atoms with Gasteiger partial charge in [0.1, 0.15) is 0 Å². The van der Waals surface area contributed by atoms with E-state index in [0.29, 0.717) is 25.7 Å². The van der Waals surface area contributed by atoms with Crippen molar-refractivity contribution >= 4 is 8.80 Å². The van der Waals surface area contributed by atoms with E-state index in [1.54, 1.807) is 0 Å². The first-order valence-electron chi connectivity index (χ1n) is 5.40. The molecule has 0 aromatic heterocycles. The van der Waals surface area contributed by atoms with Crippen molar-refractivity contribution in [3.8, 4) is 0 Å². The molecule has 2 atom stereocenters. The molecule has 0 rings (SSSR count). The number of aliphatic hydroxyl groups is 2. The highest BCUT2D eigenvalue weighted by molar-refractivity contribution is 6.60. The zero-order valence-electron chi connectivity index (χ0n) is 10.0. The summed E-state index contributed by atoms with van der Waals surface area (Å²) in [6.07, 6.45) is 0.519. The summed E-state index contributed by atoms with van der Waals surface area (Å²) in [5.74, 6) is 0. The fourth-order valence-electron chi connectivity index (χ4n) is 1.09. The number of nitrogens with two attached hydrogens (primary N) is 1. The molecule has 4 N–H and O–H groups in total. The summed E-state index contributed by atoms with van der Waals surface area (Å²) in [5, 5.41) is 17.6. The molecule has 0 aliphatic carbocycles. The number of hydrogen-bond acceptors (Lipinski definition) is 6. The van der Waals surface area contributed by atoms with E-state index in [9.17, 15) is 0 Å². The van der Waals surface area contributed by atoms with Crippen LogP contribution in [0.2, 0.25) is 6.04 Å². The minimum absolute atomic E-state index is 0.0562. The number of hydrogen-bond donors (Lipinski definition) is 3. The van der Waals surface area contributed by atoms with Crippen LogP contribution in [0.5, 0.6) is 0 Å². The molecule has 0 heterocycles. The molecule has 0 aromatic carbocycles. The van der Waals surface area contributed by atoms with Crippen LogP contribution in [0.1, 0.15) is 13.3 Å². The monoisotopic (exact) mass is 253 g/mol. The molecule has 0 radical (unpaired) electrons. The van der Waals surface area contributed by atoms with Crippen molar-refractivity contribution < 1.29 is 23.5 Å². The van der Waals surface area contributed by atoms with E-state index in [-0.39, 0.29) is 19.3 Å². The molecule has 0 aliphatic heterocycles. The maximum Gasteiger partial charge on any atom is 0.503 e. The molecule has 98 valence electrons. The molecule has 0 bridgehead atoms. The van der Waals surface area contributed by atoms with Gasteiger partial charge in [-0.05, 0) is 13.3 Å². The Kier molecular flexibility index (Phi) is 9.04. The van der Waals surface area contributed by atoms with Crippen molar-refractivity contribution in [2.75, 3.05) is 33.5 Å². The summed E-state index contributed by atoms with van der Waals surface area (Å²) < 4.78 is 16.4. The second-order valence-corrected chi connectivity index (χ2v) is 6.43. The van der Waals surface area contributed by atoms with Gasteiger partial charge in [-0.3, -0.25) is 0 Å². The summed E-state index contributed by atoms with van der Waals surface area (Å²) in [7, 11) is -1.31. The Morgan fingerprint density at radius 3 is 2.38 bits per heavy atom. The molecule has 2 unspecified atom stereocenters. The van der Waals surface area contributed by atoms with Gasteiger partial charge in [-0.15, -0.1) is 0 Å². The van der Waals surface area contributed by atoms with Gasteiger partial charge >= 0.3 is 8.80 Å². The predicted molar refractivity (Wildman–Crippen MR) is 61.9 cm³/mol. The molecule has 0 fully saturated rings. The lowest BCUT2D eigenvalue weighted by Crippen LogP contribution is -2.48. The van der Waals surface area contributed by atoms with Gasteiger partial charge in [0.05, 0.1) is 6.61 Å². The fourth-order valence-corrected chi connectivity index (χ4v) is 3.15. The molecule has 0 spiro atoms. The normalized spacial score (nSPS) is 17.1. The zero-order chi connectivity index (χ0) is 12.4. The maximum absolute atomic E-state index is 8.97. The largest absolute Gasteiger partial charge is 0.503 e. The topological polar surface area (TPSA) is 94.2 Å². The minimum atomic E-state index is -2.81. The molecule has 0 saturated carbocycles. The third kappa shape index (κ3) is 6.54. The predicted octanol–water partition coefficient (Wildman–Crippen LogP) is -0.673. The van der Waals surface area contributed by atoms with Crippen LogP contribution >= 0.6 is 0 Å². The van der Waals surface area contributed by atoms with E-state index in [1.165, 1.54) is 7.11 Å². The van der Waals surface area contributed by atoms with Crippen molar-refractivity contribution in [3.05, 3.63) is 0 Å². The average Bonchev–Trinajstić information content (AvgIpc) is 2.26. The number of aliphatic hydroxyl groups excluding tert-OH is 2. The maximum atomic E-state index is 8.97.